The summed E-state index contributed by atoms with van der Waals surface area (Å²) in [5.41, 5.74) is 11.8. The van der Waals surface area contributed by atoms with Crippen molar-refractivity contribution in [3.05, 3.63) is 174 Å². The van der Waals surface area contributed by atoms with Crippen LogP contribution in [0.4, 0.5) is 0 Å². The minimum absolute atomic E-state index is 0.113. The summed E-state index contributed by atoms with van der Waals surface area (Å²) in [5.74, 6) is 0.441. The van der Waals surface area contributed by atoms with Gasteiger partial charge in [0.25, 0.3) is 0 Å². The van der Waals surface area contributed by atoms with Crippen LogP contribution in [0.15, 0.2) is 149 Å². The molecule has 0 saturated heterocycles. The Morgan fingerprint density at radius 3 is 2.02 bits per heavy atom. The Kier molecular flexibility index (Phi) is 10.2. The van der Waals surface area contributed by atoms with Crippen LogP contribution in [0.3, 0.4) is 0 Å². The van der Waals surface area contributed by atoms with E-state index in [1.165, 1.54) is 0 Å². The Morgan fingerprint density at radius 1 is 0.736 bits per heavy atom. The summed E-state index contributed by atoms with van der Waals surface area (Å²) >= 11 is 0. The number of esters is 1. The number of hydrazone groups is 1. The van der Waals surface area contributed by atoms with Crippen LogP contribution >= 0.6 is 0 Å². The average molecular weight is 703 g/mol. The number of furan rings is 1. The van der Waals surface area contributed by atoms with Crippen molar-refractivity contribution >= 4 is 18.1 Å². The van der Waals surface area contributed by atoms with Crippen molar-refractivity contribution in [2.75, 3.05) is 6.61 Å². The zero-order valence-corrected chi connectivity index (χ0v) is 29.7. The van der Waals surface area contributed by atoms with E-state index >= 15 is 0 Å². The van der Waals surface area contributed by atoms with Crippen molar-refractivity contribution < 1.29 is 23.5 Å². The molecule has 9 nitrogen and oxygen atoms in total. The van der Waals surface area contributed by atoms with E-state index in [1.807, 2.05) is 103 Å². The number of carbonyl (C=O) groups is 2. The molecule has 0 fully saturated rings. The van der Waals surface area contributed by atoms with Gasteiger partial charge in [-0.2, -0.15) is 5.10 Å². The number of rotatable bonds is 12. The van der Waals surface area contributed by atoms with Gasteiger partial charge in [0.05, 0.1) is 29.8 Å². The van der Waals surface area contributed by atoms with Gasteiger partial charge in [0.15, 0.2) is 5.76 Å². The maximum atomic E-state index is 13.1. The van der Waals surface area contributed by atoms with Gasteiger partial charge in [0, 0.05) is 28.3 Å². The van der Waals surface area contributed by atoms with Crippen molar-refractivity contribution in [2.24, 2.45) is 5.10 Å². The second-order valence-corrected chi connectivity index (χ2v) is 12.4. The summed E-state index contributed by atoms with van der Waals surface area (Å²) in [6, 6.07) is 44.6. The molecule has 3 heterocycles. The third-order valence-corrected chi connectivity index (χ3v) is 8.79. The second-order valence-electron chi connectivity index (χ2n) is 12.4. The first kappa shape index (κ1) is 34.6. The third-order valence-electron chi connectivity index (χ3n) is 8.79. The van der Waals surface area contributed by atoms with Crippen LogP contribution in [0, 0.1) is 13.8 Å². The van der Waals surface area contributed by atoms with Crippen molar-refractivity contribution in [1.82, 2.24) is 14.6 Å². The van der Waals surface area contributed by atoms with E-state index in [2.05, 4.69) is 45.6 Å². The monoisotopic (exact) mass is 702 g/mol. The molecule has 3 aromatic heterocycles. The van der Waals surface area contributed by atoms with E-state index in [-0.39, 0.29) is 18.3 Å². The molecular formula is C44H38N4O5. The van der Waals surface area contributed by atoms with E-state index in [0.717, 1.165) is 50.8 Å². The summed E-state index contributed by atoms with van der Waals surface area (Å²) in [4.78, 5) is 25.5. The molecule has 0 aliphatic heterocycles. The number of carbonyl (C=O) groups excluding carboxylic acids is 2. The van der Waals surface area contributed by atoms with Crippen LogP contribution in [0.5, 0.6) is 5.75 Å². The Morgan fingerprint density at radius 2 is 1.36 bits per heavy atom. The number of aryl methyl sites for hydroxylation is 2. The molecule has 264 valence electrons. The van der Waals surface area contributed by atoms with Gasteiger partial charge in [-0.1, -0.05) is 60.7 Å². The molecule has 0 radical (unpaired) electrons. The molecule has 9 heteroatoms. The molecule has 0 unspecified atom stereocenters. The van der Waals surface area contributed by atoms with Crippen molar-refractivity contribution in [1.29, 1.82) is 0 Å². The average Bonchev–Trinajstić information content (AvgIpc) is 3.92. The largest absolute Gasteiger partial charge is 0.486 e. The Bertz CT molecular complexity index is 2350. The first-order valence-corrected chi connectivity index (χ1v) is 17.3. The van der Waals surface area contributed by atoms with Crippen LogP contribution in [0.25, 0.3) is 33.9 Å². The van der Waals surface area contributed by atoms with E-state index < -0.39 is 5.91 Å². The van der Waals surface area contributed by atoms with Crippen LogP contribution < -0.4 is 10.2 Å². The SMILES string of the molecule is CCOC(=O)c1ccc(-n2c(-c3ccccc3)cc(/C=N/NC(=O)c3ccc(COc4ccc(-n5c(C)ccc5C)cc4)o3)c2-c2ccccc2)cc1. The van der Waals surface area contributed by atoms with Crippen molar-refractivity contribution in [3.63, 3.8) is 0 Å². The fourth-order valence-electron chi connectivity index (χ4n) is 6.29. The lowest BCUT2D eigenvalue weighted by atomic mass is 10.1. The normalized spacial score (nSPS) is 11.2. The first-order chi connectivity index (χ1) is 25.9. The zero-order valence-electron chi connectivity index (χ0n) is 29.7. The van der Waals surface area contributed by atoms with Gasteiger partial charge in [-0.3, -0.25) is 4.79 Å². The maximum absolute atomic E-state index is 13.1. The molecule has 0 bridgehead atoms. The molecule has 1 N–H and O–H groups in total. The maximum Gasteiger partial charge on any atom is 0.338 e. The lowest BCUT2D eigenvalue weighted by Crippen LogP contribution is -2.16. The fourth-order valence-corrected chi connectivity index (χ4v) is 6.29. The summed E-state index contributed by atoms with van der Waals surface area (Å²) in [7, 11) is 0. The van der Waals surface area contributed by atoms with E-state index in [4.69, 9.17) is 13.9 Å². The highest BCUT2D eigenvalue weighted by atomic mass is 16.5. The molecule has 0 aliphatic carbocycles. The summed E-state index contributed by atoms with van der Waals surface area (Å²) in [5, 5.41) is 4.36. The quantitative estimate of drug-likeness (QED) is 0.0777. The fraction of sp³-hybridized carbons (Fsp3) is 0.114. The van der Waals surface area contributed by atoms with Gasteiger partial charge < -0.3 is 23.0 Å². The van der Waals surface area contributed by atoms with Gasteiger partial charge >= 0.3 is 11.9 Å². The number of ether oxygens (including phenoxy) is 2. The zero-order chi connectivity index (χ0) is 36.7. The lowest BCUT2D eigenvalue weighted by Gasteiger charge is -2.15. The smallest absolute Gasteiger partial charge is 0.338 e. The van der Waals surface area contributed by atoms with Crippen molar-refractivity contribution in [2.45, 2.75) is 27.4 Å². The highest BCUT2D eigenvalue weighted by Gasteiger charge is 2.20. The van der Waals surface area contributed by atoms with E-state index in [9.17, 15) is 9.59 Å². The highest BCUT2D eigenvalue weighted by Crippen LogP contribution is 2.35. The second kappa shape index (κ2) is 15.6. The standard InChI is InChI=1S/C44H38N4O5/c1-4-51-44(50)34-17-19-37(20-18-34)48-40(32-11-7-5-8-12-32)27-35(42(48)33-13-9-6-10-14-33)28-45-46-43(49)41-26-25-39(53-41)29-52-38-23-21-36(22-24-38)47-30(2)15-16-31(47)3/h5-28H,4,29H2,1-3H3,(H,46,49)/b45-28+. The number of aromatic nitrogens is 2. The molecule has 0 atom stereocenters. The number of nitrogens with zero attached hydrogens (tertiary/aromatic N) is 3. The van der Waals surface area contributed by atoms with Crippen molar-refractivity contribution in [3.8, 4) is 39.6 Å². The summed E-state index contributed by atoms with van der Waals surface area (Å²) in [6.07, 6.45) is 1.63. The number of nitrogens with one attached hydrogen (secondary N) is 1. The third kappa shape index (κ3) is 7.60. The minimum Gasteiger partial charge on any atom is -0.486 e. The van der Waals surface area contributed by atoms with Crippen LogP contribution in [0.1, 0.15) is 50.5 Å². The number of benzene rings is 4. The van der Waals surface area contributed by atoms with E-state index in [0.29, 0.717) is 23.7 Å². The number of hydrogen-bond acceptors (Lipinski definition) is 6. The molecule has 53 heavy (non-hydrogen) atoms. The number of amides is 1. The van der Waals surface area contributed by atoms with Gasteiger partial charge in [-0.05, 0) is 111 Å². The molecule has 0 spiro atoms. The van der Waals surface area contributed by atoms with Crippen LogP contribution in [0.2, 0.25) is 0 Å². The van der Waals surface area contributed by atoms with Crippen LogP contribution in [-0.4, -0.2) is 33.8 Å². The molecular weight excluding hydrogens is 665 g/mol. The Balaban J connectivity index is 1.11. The Hall–Kier alpha value is -6.87. The molecule has 7 aromatic rings. The van der Waals surface area contributed by atoms with Gasteiger partial charge in [0.1, 0.15) is 18.1 Å². The topological polar surface area (TPSA) is 100.0 Å². The first-order valence-electron chi connectivity index (χ1n) is 17.3. The Labute approximate surface area is 307 Å². The predicted molar refractivity (Wildman–Crippen MR) is 206 cm³/mol. The van der Waals surface area contributed by atoms with Crippen LogP contribution in [-0.2, 0) is 11.3 Å². The predicted octanol–water partition coefficient (Wildman–Crippen LogP) is 9.33. The molecule has 4 aromatic carbocycles. The molecule has 1 amide bonds. The lowest BCUT2D eigenvalue weighted by molar-refractivity contribution is 0.0526. The van der Waals surface area contributed by atoms with Gasteiger partial charge in [-0.15, -0.1) is 0 Å². The number of hydrogen-bond donors (Lipinski definition) is 1. The molecule has 0 aliphatic rings. The van der Waals surface area contributed by atoms with Gasteiger partial charge in [0.2, 0.25) is 0 Å². The molecule has 0 saturated carbocycles. The summed E-state index contributed by atoms with van der Waals surface area (Å²) in [6.45, 7) is 6.39. The summed E-state index contributed by atoms with van der Waals surface area (Å²) < 4.78 is 21.2. The minimum atomic E-state index is -0.493. The van der Waals surface area contributed by atoms with E-state index in [1.54, 1.807) is 37.4 Å². The van der Waals surface area contributed by atoms with Gasteiger partial charge in [-0.25, -0.2) is 10.2 Å². The highest BCUT2D eigenvalue weighted by molar-refractivity contribution is 5.96. The molecule has 7 rings (SSSR count).